The fourth-order valence-corrected chi connectivity index (χ4v) is 4.29. The summed E-state index contributed by atoms with van der Waals surface area (Å²) in [6.45, 7) is 4.35. The van der Waals surface area contributed by atoms with Crippen LogP contribution in [0.1, 0.15) is 31.4 Å². The molecule has 9 heteroatoms. The summed E-state index contributed by atoms with van der Waals surface area (Å²) >= 11 is 0. The normalized spacial score (nSPS) is 14.2. The molecule has 0 fully saturated rings. The average Bonchev–Trinajstić information content (AvgIpc) is 2.96. The fourth-order valence-electron chi connectivity index (χ4n) is 4.29. The van der Waals surface area contributed by atoms with Gasteiger partial charge in [-0.2, -0.15) is 0 Å². The maximum atomic E-state index is 13.3. The minimum absolute atomic E-state index is 0.123. The van der Waals surface area contributed by atoms with E-state index in [1.165, 1.54) is 12.1 Å². The first kappa shape index (κ1) is 29.8. The molecule has 9 nitrogen and oxygen atoms in total. The Morgan fingerprint density at radius 3 is 2.31 bits per heavy atom. The van der Waals surface area contributed by atoms with Crippen molar-refractivity contribution >= 4 is 12.0 Å². The smallest absolute Gasteiger partial charge is 0.407 e. The molecule has 2 amide bonds. The Bertz CT molecular complexity index is 1160. The lowest BCUT2D eigenvalue weighted by atomic mass is 9.96. The molecule has 1 heterocycles. The molecule has 0 aliphatic carbocycles. The quantitative estimate of drug-likeness (QED) is 0.196. The lowest BCUT2D eigenvalue weighted by molar-refractivity contribution is -0.126. The number of rotatable bonds is 13. The number of aliphatic hydroxyl groups excluding tert-OH is 1. The van der Waals surface area contributed by atoms with Gasteiger partial charge in [0, 0.05) is 24.8 Å². The second kappa shape index (κ2) is 15.0. The van der Waals surface area contributed by atoms with E-state index in [1.807, 2.05) is 86.6 Å². The largest absolute Gasteiger partial charge is 0.453 e. The number of hydrazine groups is 1. The molecular weight excluding hydrogens is 494 g/mol. The van der Waals surface area contributed by atoms with Gasteiger partial charge < -0.3 is 20.5 Å². The molecule has 1 aromatic heterocycles. The molecule has 208 valence electrons. The lowest BCUT2D eigenvalue weighted by Crippen LogP contribution is -2.57. The number of hydrogen-bond donors (Lipinski definition) is 4. The van der Waals surface area contributed by atoms with Crippen LogP contribution in [-0.4, -0.2) is 58.9 Å². The number of amides is 2. The highest BCUT2D eigenvalue weighted by Gasteiger charge is 2.30. The van der Waals surface area contributed by atoms with Crippen LogP contribution in [0.5, 0.6) is 0 Å². The van der Waals surface area contributed by atoms with Gasteiger partial charge in [0.15, 0.2) is 0 Å². The van der Waals surface area contributed by atoms with Crippen molar-refractivity contribution in [1.29, 1.82) is 0 Å². The van der Waals surface area contributed by atoms with E-state index < -0.39 is 24.3 Å². The van der Waals surface area contributed by atoms with Crippen LogP contribution in [0.2, 0.25) is 0 Å². The van der Waals surface area contributed by atoms with Crippen LogP contribution in [-0.2, 0) is 22.5 Å². The Kier molecular flexibility index (Phi) is 11.4. The van der Waals surface area contributed by atoms with E-state index in [-0.39, 0.29) is 18.4 Å². The van der Waals surface area contributed by atoms with E-state index in [2.05, 4.69) is 15.6 Å². The van der Waals surface area contributed by atoms with Gasteiger partial charge in [0.2, 0.25) is 5.91 Å². The maximum absolute atomic E-state index is 13.3. The van der Waals surface area contributed by atoms with Crippen molar-refractivity contribution in [2.45, 2.75) is 51.4 Å². The number of aromatic nitrogens is 1. The predicted octanol–water partition coefficient (Wildman–Crippen LogP) is 3.28. The van der Waals surface area contributed by atoms with Crippen molar-refractivity contribution in [1.82, 2.24) is 20.6 Å². The monoisotopic (exact) mass is 533 g/mol. The minimum Gasteiger partial charge on any atom is -0.453 e. The van der Waals surface area contributed by atoms with Crippen LogP contribution in [0.4, 0.5) is 4.79 Å². The molecule has 0 saturated heterocycles. The SMILES string of the molecule is CC[C@H](C)[C@H](NC(=O)OC)C(=O)N[C@@H](Cc1ccccc1)[C@@H](O)CN(N)Cc1ccc(-c2ccccn2)cc1. The first-order chi connectivity index (χ1) is 18.8. The van der Waals surface area contributed by atoms with E-state index in [1.54, 1.807) is 6.20 Å². The van der Waals surface area contributed by atoms with Gasteiger partial charge in [0.1, 0.15) is 6.04 Å². The molecule has 3 aromatic rings. The highest BCUT2D eigenvalue weighted by atomic mass is 16.5. The molecule has 0 unspecified atom stereocenters. The van der Waals surface area contributed by atoms with E-state index in [4.69, 9.17) is 10.6 Å². The molecule has 39 heavy (non-hydrogen) atoms. The number of nitrogens with zero attached hydrogens (tertiary/aromatic N) is 2. The second-order valence-corrected chi connectivity index (χ2v) is 9.71. The zero-order chi connectivity index (χ0) is 28.2. The van der Waals surface area contributed by atoms with Crippen LogP contribution >= 0.6 is 0 Å². The number of pyridine rings is 1. The third-order valence-corrected chi connectivity index (χ3v) is 6.77. The molecule has 4 atom stereocenters. The summed E-state index contributed by atoms with van der Waals surface area (Å²) in [5, 5.41) is 18.3. The Morgan fingerprint density at radius 2 is 1.69 bits per heavy atom. The van der Waals surface area contributed by atoms with Gasteiger partial charge in [-0.3, -0.25) is 15.6 Å². The van der Waals surface area contributed by atoms with Crippen LogP contribution in [0.15, 0.2) is 79.0 Å². The van der Waals surface area contributed by atoms with Crippen molar-refractivity contribution in [2.75, 3.05) is 13.7 Å². The van der Waals surface area contributed by atoms with Crippen LogP contribution in [0.25, 0.3) is 11.3 Å². The molecule has 0 spiro atoms. The average molecular weight is 534 g/mol. The molecular formula is C30H39N5O4. The van der Waals surface area contributed by atoms with Crippen LogP contribution in [0.3, 0.4) is 0 Å². The summed E-state index contributed by atoms with van der Waals surface area (Å²) < 4.78 is 4.71. The van der Waals surface area contributed by atoms with Crippen molar-refractivity contribution < 1.29 is 19.4 Å². The topological polar surface area (TPSA) is 130 Å². The first-order valence-electron chi connectivity index (χ1n) is 13.2. The van der Waals surface area contributed by atoms with Gasteiger partial charge in [-0.1, -0.05) is 80.9 Å². The zero-order valence-electron chi connectivity index (χ0n) is 22.8. The number of nitrogens with two attached hydrogens (primary N) is 1. The first-order valence-corrected chi connectivity index (χ1v) is 13.2. The number of carbonyl (C=O) groups is 2. The molecule has 0 aliphatic heterocycles. The van der Waals surface area contributed by atoms with Crippen LogP contribution < -0.4 is 16.5 Å². The summed E-state index contributed by atoms with van der Waals surface area (Å²) in [6, 6.07) is 21.9. The predicted molar refractivity (Wildman–Crippen MR) is 151 cm³/mol. The Balaban J connectivity index is 1.69. The maximum Gasteiger partial charge on any atom is 0.407 e. The van der Waals surface area contributed by atoms with Crippen molar-refractivity contribution in [2.24, 2.45) is 11.8 Å². The molecule has 3 rings (SSSR count). The second-order valence-electron chi connectivity index (χ2n) is 9.71. The molecule has 5 N–H and O–H groups in total. The number of carbonyl (C=O) groups excluding carboxylic acids is 2. The number of ether oxygens (including phenoxy) is 1. The van der Waals surface area contributed by atoms with Crippen LogP contribution in [0, 0.1) is 5.92 Å². The van der Waals surface area contributed by atoms with E-state index in [0.29, 0.717) is 19.4 Å². The lowest BCUT2D eigenvalue weighted by Gasteiger charge is -2.30. The van der Waals surface area contributed by atoms with Crippen molar-refractivity contribution in [3.05, 3.63) is 90.1 Å². The van der Waals surface area contributed by atoms with E-state index >= 15 is 0 Å². The molecule has 0 radical (unpaired) electrons. The van der Waals surface area contributed by atoms with E-state index in [0.717, 1.165) is 22.4 Å². The minimum atomic E-state index is -0.970. The van der Waals surface area contributed by atoms with Gasteiger partial charge in [0.05, 0.1) is 24.9 Å². The summed E-state index contributed by atoms with van der Waals surface area (Å²) in [4.78, 5) is 29.5. The van der Waals surface area contributed by atoms with Gasteiger partial charge in [0.25, 0.3) is 0 Å². The zero-order valence-corrected chi connectivity index (χ0v) is 22.8. The number of hydrogen-bond acceptors (Lipinski definition) is 7. The molecule has 2 aromatic carbocycles. The highest BCUT2D eigenvalue weighted by Crippen LogP contribution is 2.18. The van der Waals surface area contributed by atoms with Gasteiger partial charge >= 0.3 is 6.09 Å². The summed E-state index contributed by atoms with van der Waals surface area (Å²) in [5.41, 5.74) is 3.83. The number of nitrogens with one attached hydrogen (secondary N) is 2. The third-order valence-electron chi connectivity index (χ3n) is 6.77. The summed E-state index contributed by atoms with van der Waals surface area (Å²) in [5.74, 6) is 5.78. The van der Waals surface area contributed by atoms with Gasteiger partial charge in [-0.25, -0.2) is 9.80 Å². The molecule has 0 aliphatic rings. The third kappa shape index (κ3) is 9.17. The summed E-state index contributed by atoms with van der Waals surface area (Å²) in [6.07, 6.45) is 1.17. The number of aliphatic hydroxyl groups is 1. The van der Waals surface area contributed by atoms with Crippen molar-refractivity contribution in [3.63, 3.8) is 0 Å². The Labute approximate surface area is 230 Å². The Morgan fingerprint density at radius 1 is 1.00 bits per heavy atom. The Hall–Kier alpha value is -3.79. The highest BCUT2D eigenvalue weighted by molar-refractivity contribution is 5.86. The molecule has 0 bridgehead atoms. The number of benzene rings is 2. The van der Waals surface area contributed by atoms with Crippen molar-refractivity contribution in [3.8, 4) is 11.3 Å². The van der Waals surface area contributed by atoms with Gasteiger partial charge in [-0.15, -0.1) is 0 Å². The van der Waals surface area contributed by atoms with E-state index in [9.17, 15) is 14.7 Å². The molecule has 0 saturated carbocycles. The standard InChI is InChI=1S/C30H39N5O4/c1-4-21(2)28(34-30(38)39-3)29(37)33-26(18-22-10-6-5-7-11-22)27(36)20-35(31)19-23-13-15-24(16-14-23)25-12-8-9-17-32-25/h5-17,21,26-28,36H,4,18-20,31H2,1-3H3,(H,33,37)(H,34,38)/t21-,26-,27-,28-/m0/s1. The number of alkyl carbamates (subject to hydrolysis) is 1. The van der Waals surface area contributed by atoms with Gasteiger partial charge in [-0.05, 0) is 35.6 Å². The number of methoxy groups -OCH3 is 1. The fraction of sp³-hybridized carbons (Fsp3) is 0.367. The summed E-state index contributed by atoms with van der Waals surface area (Å²) in [7, 11) is 1.25.